The zero-order chi connectivity index (χ0) is 25.8. The maximum absolute atomic E-state index is 15.3. The number of pyridine rings is 1. The molecule has 184 valence electrons. The zero-order valence-corrected chi connectivity index (χ0v) is 21.0. The minimum atomic E-state index is -0.791. The normalized spacial score (nSPS) is 11.4. The van der Waals surface area contributed by atoms with E-state index in [0.29, 0.717) is 17.8 Å². The van der Waals surface area contributed by atoms with E-state index in [1.165, 1.54) is 21.0 Å². The van der Waals surface area contributed by atoms with Gasteiger partial charge in [-0.3, -0.25) is 9.59 Å². The monoisotopic (exact) mass is 473 g/mol. The van der Waals surface area contributed by atoms with Crippen LogP contribution in [0.1, 0.15) is 60.8 Å². The van der Waals surface area contributed by atoms with Crippen LogP contribution in [0, 0.1) is 30.7 Å². The van der Waals surface area contributed by atoms with Gasteiger partial charge in [-0.2, -0.15) is 0 Å². The second-order valence-electron chi connectivity index (χ2n) is 8.68. The molecule has 0 aliphatic carbocycles. The number of hydrogen-bond donors (Lipinski definition) is 0. The lowest BCUT2D eigenvalue weighted by Gasteiger charge is -2.32. The molecule has 8 heteroatoms. The summed E-state index contributed by atoms with van der Waals surface area (Å²) in [5, 5.41) is 12.0. The Morgan fingerprint density at radius 3 is 2.38 bits per heavy atom. The third-order valence-electron chi connectivity index (χ3n) is 5.27. The molecule has 0 bridgehead atoms. The molecule has 0 spiro atoms. The third kappa shape index (κ3) is 5.93. The molecule has 0 N–H and O–H groups in total. The van der Waals surface area contributed by atoms with Gasteiger partial charge in [0.1, 0.15) is 23.8 Å². The number of quaternary nitrogens is 1. The fraction of sp³-hybridized carbons (Fsp3) is 0.423. The second-order valence-corrected chi connectivity index (χ2v) is 8.68. The number of carbonyl (C=O) groups is 2. The van der Waals surface area contributed by atoms with Gasteiger partial charge in [0.15, 0.2) is 11.6 Å². The number of likely N-dealkylation sites (N-methyl/N-ethyl adjacent to an activating group) is 1. The van der Waals surface area contributed by atoms with Crippen LogP contribution in [0.25, 0.3) is 16.9 Å². The Balaban J connectivity index is 0.00000199. The molecule has 34 heavy (non-hydrogen) atoms. The summed E-state index contributed by atoms with van der Waals surface area (Å²) in [7, 11) is 2.73. The van der Waals surface area contributed by atoms with Crippen molar-refractivity contribution in [2.24, 2.45) is 0 Å². The van der Waals surface area contributed by atoms with Crippen molar-refractivity contribution in [2.75, 3.05) is 20.6 Å². The first-order chi connectivity index (χ1) is 15.9. The molecule has 2 heterocycles. The van der Waals surface area contributed by atoms with E-state index >= 15 is 8.78 Å². The van der Waals surface area contributed by atoms with Crippen molar-refractivity contribution in [3.8, 4) is 11.3 Å². The number of halogens is 2. The van der Waals surface area contributed by atoms with Gasteiger partial charge in [0.2, 0.25) is 0 Å². The van der Waals surface area contributed by atoms with Crippen LogP contribution < -0.4 is 0 Å². The van der Waals surface area contributed by atoms with Gasteiger partial charge in [-0.25, -0.2) is 13.8 Å². The Morgan fingerprint density at radius 1 is 1.15 bits per heavy atom. The minimum Gasteiger partial charge on any atom is -0.633 e. The molecule has 0 amide bonds. The summed E-state index contributed by atoms with van der Waals surface area (Å²) in [4.78, 5) is 29.3. The molecule has 6 nitrogen and oxygen atoms in total. The van der Waals surface area contributed by atoms with Crippen LogP contribution >= 0.6 is 0 Å². The standard InChI is InChI=1S/C24H27F2N3O3.C2H6/c1-6-7-20(31)17-12-18(25)22(15(3)23(17)26)24-19(11-16(30)13-29(4,5)32)28-9-8-14(2)10-21(28)27-24;1-2/h8-10,12H,6-7,11,13H2,1-5H3;1-2H3. The number of ketones is 2. The van der Waals surface area contributed by atoms with Crippen molar-refractivity contribution < 1.29 is 23.0 Å². The first-order valence-corrected chi connectivity index (χ1v) is 11.5. The molecule has 3 rings (SSSR count). The Morgan fingerprint density at radius 2 is 1.79 bits per heavy atom. The van der Waals surface area contributed by atoms with Gasteiger partial charge in [0.25, 0.3) is 0 Å². The van der Waals surface area contributed by atoms with Gasteiger partial charge in [-0.05, 0) is 49.6 Å². The Labute approximate surface area is 199 Å². The predicted octanol–water partition coefficient (Wildman–Crippen LogP) is 5.59. The number of rotatable bonds is 8. The van der Waals surface area contributed by atoms with E-state index in [1.807, 2.05) is 26.8 Å². The highest BCUT2D eigenvalue weighted by Gasteiger charge is 2.26. The van der Waals surface area contributed by atoms with E-state index < -0.39 is 22.1 Å². The molecule has 0 aliphatic rings. The van der Waals surface area contributed by atoms with E-state index in [2.05, 4.69) is 4.98 Å². The second kappa shape index (κ2) is 11.0. The SMILES string of the molecule is CC.CCCC(=O)c1cc(F)c(-c2nc3cc(C)ccn3c2CC(=O)C[N+](C)(C)[O-])c(C)c1F. The smallest absolute Gasteiger partial charge is 0.193 e. The van der Waals surface area contributed by atoms with E-state index in [4.69, 9.17) is 0 Å². The summed E-state index contributed by atoms with van der Waals surface area (Å²) < 4.78 is 31.2. The third-order valence-corrected chi connectivity index (χ3v) is 5.27. The van der Waals surface area contributed by atoms with Crippen molar-refractivity contribution in [2.45, 2.75) is 53.9 Å². The molecular formula is C26H33F2N3O3. The molecule has 2 aromatic heterocycles. The van der Waals surface area contributed by atoms with Crippen molar-refractivity contribution in [3.05, 3.63) is 63.6 Å². The van der Waals surface area contributed by atoms with Crippen LogP contribution in [0.3, 0.4) is 0 Å². The van der Waals surface area contributed by atoms with E-state index in [9.17, 15) is 14.8 Å². The highest BCUT2D eigenvalue weighted by molar-refractivity contribution is 5.97. The molecule has 0 fully saturated rings. The van der Waals surface area contributed by atoms with E-state index in [-0.39, 0.29) is 47.6 Å². The fourth-order valence-electron chi connectivity index (χ4n) is 3.84. The number of aromatic nitrogens is 2. The van der Waals surface area contributed by atoms with Crippen LogP contribution in [-0.4, -0.2) is 46.2 Å². The number of hydroxylamine groups is 3. The summed E-state index contributed by atoms with van der Waals surface area (Å²) in [5.41, 5.74) is 1.47. The molecular weight excluding hydrogens is 440 g/mol. The summed E-state index contributed by atoms with van der Waals surface area (Å²) in [6.45, 7) is 8.79. The van der Waals surface area contributed by atoms with Crippen LogP contribution in [0.2, 0.25) is 0 Å². The van der Waals surface area contributed by atoms with Gasteiger partial charge in [-0.1, -0.05) is 20.8 Å². The summed E-state index contributed by atoms with van der Waals surface area (Å²) in [5.74, 6) is -2.38. The van der Waals surface area contributed by atoms with Gasteiger partial charge in [-0.15, -0.1) is 0 Å². The number of benzene rings is 1. The highest BCUT2D eigenvalue weighted by Crippen LogP contribution is 2.34. The first-order valence-electron chi connectivity index (χ1n) is 11.5. The lowest BCUT2D eigenvalue weighted by molar-refractivity contribution is -0.831. The van der Waals surface area contributed by atoms with Crippen molar-refractivity contribution in [1.82, 2.24) is 9.38 Å². The molecule has 0 atom stereocenters. The molecule has 0 aliphatic heterocycles. The van der Waals surface area contributed by atoms with Gasteiger partial charge < -0.3 is 14.3 Å². The van der Waals surface area contributed by atoms with Gasteiger partial charge >= 0.3 is 0 Å². The molecule has 0 saturated heterocycles. The number of aryl methyl sites for hydroxylation is 1. The van der Waals surface area contributed by atoms with Gasteiger partial charge in [0.05, 0.1) is 37.5 Å². The van der Waals surface area contributed by atoms with Crippen LogP contribution in [-0.2, 0) is 11.2 Å². The molecule has 0 radical (unpaired) electrons. The van der Waals surface area contributed by atoms with Crippen LogP contribution in [0.15, 0.2) is 24.4 Å². The number of nitrogens with zero attached hydrogens (tertiary/aromatic N) is 3. The largest absolute Gasteiger partial charge is 0.633 e. The van der Waals surface area contributed by atoms with E-state index in [1.54, 1.807) is 23.6 Å². The Hall–Kier alpha value is -2.97. The number of hydrogen-bond acceptors (Lipinski definition) is 4. The summed E-state index contributed by atoms with van der Waals surface area (Å²) in [6, 6.07) is 4.50. The molecule has 0 unspecified atom stereocenters. The predicted molar refractivity (Wildman–Crippen MR) is 130 cm³/mol. The van der Waals surface area contributed by atoms with Gasteiger partial charge in [0, 0.05) is 18.2 Å². The van der Waals surface area contributed by atoms with Crippen molar-refractivity contribution in [1.29, 1.82) is 0 Å². The highest BCUT2D eigenvalue weighted by atomic mass is 19.1. The minimum absolute atomic E-state index is 0.0433. The zero-order valence-electron chi connectivity index (χ0n) is 21.0. The molecule has 1 aromatic carbocycles. The fourth-order valence-corrected chi connectivity index (χ4v) is 3.84. The topological polar surface area (TPSA) is 74.5 Å². The summed E-state index contributed by atoms with van der Waals surface area (Å²) in [6.07, 6.45) is 2.18. The maximum atomic E-state index is 15.3. The first kappa shape index (κ1) is 27.3. The molecule has 3 aromatic rings. The quantitative estimate of drug-likeness (QED) is 0.243. The maximum Gasteiger partial charge on any atom is 0.193 e. The Kier molecular flexibility index (Phi) is 8.80. The van der Waals surface area contributed by atoms with Crippen molar-refractivity contribution >= 4 is 17.2 Å². The number of fused-ring (bicyclic) bond motifs is 1. The van der Waals surface area contributed by atoms with Crippen LogP contribution in [0.4, 0.5) is 8.78 Å². The number of imidazole rings is 1. The van der Waals surface area contributed by atoms with Crippen molar-refractivity contribution in [3.63, 3.8) is 0 Å². The van der Waals surface area contributed by atoms with E-state index in [0.717, 1.165) is 11.6 Å². The molecule has 0 saturated carbocycles. The summed E-state index contributed by atoms with van der Waals surface area (Å²) >= 11 is 0. The average molecular weight is 474 g/mol. The average Bonchev–Trinajstić information content (AvgIpc) is 3.07. The lowest BCUT2D eigenvalue weighted by atomic mass is 9.95. The number of Topliss-reactive ketones (excluding diaryl/α,β-unsaturated/α-hetero) is 2. The Bertz CT molecular complexity index is 1210. The number of carbonyl (C=O) groups excluding carboxylic acids is 2. The lowest BCUT2D eigenvalue weighted by Crippen LogP contribution is -2.38. The van der Waals surface area contributed by atoms with Crippen LogP contribution in [0.5, 0.6) is 0 Å².